The molecule has 2 nitrogen and oxygen atoms in total. The molecule has 0 aliphatic carbocycles. The van der Waals surface area contributed by atoms with E-state index in [1.54, 1.807) is 0 Å². The van der Waals surface area contributed by atoms with E-state index in [2.05, 4.69) is 42.3 Å². The number of alkyl halides is 1. The van der Waals surface area contributed by atoms with Gasteiger partial charge in [-0.15, -0.1) is 24.8 Å². The lowest BCUT2D eigenvalue weighted by atomic mass is 9.98. The highest BCUT2D eigenvalue weighted by Crippen LogP contribution is 2.25. The molecule has 0 amide bonds. The summed E-state index contributed by atoms with van der Waals surface area (Å²) in [4.78, 5) is 2.25. The van der Waals surface area contributed by atoms with Crippen molar-refractivity contribution in [3.8, 4) is 0 Å². The summed E-state index contributed by atoms with van der Waals surface area (Å²) in [5.74, 6) is 0. The van der Waals surface area contributed by atoms with Crippen LogP contribution in [0.3, 0.4) is 0 Å². The summed E-state index contributed by atoms with van der Waals surface area (Å²) >= 11 is 0. The van der Waals surface area contributed by atoms with Crippen LogP contribution in [0.25, 0.3) is 0 Å². The van der Waals surface area contributed by atoms with Gasteiger partial charge in [-0.3, -0.25) is 4.90 Å². The second-order valence-corrected chi connectivity index (χ2v) is 4.82. The van der Waals surface area contributed by atoms with Gasteiger partial charge in [0, 0.05) is 26.2 Å². The first kappa shape index (κ1) is 18.7. The minimum atomic E-state index is -0.301. The smallest absolute Gasteiger partial charge is 0.109 e. The van der Waals surface area contributed by atoms with Gasteiger partial charge < -0.3 is 5.32 Å². The number of hydrogen-bond donors (Lipinski definition) is 1. The van der Waals surface area contributed by atoms with E-state index in [0.717, 1.165) is 31.7 Å². The van der Waals surface area contributed by atoms with Crippen molar-refractivity contribution in [3.63, 3.8) is 0 Å². The number of halogens is 3. The van der Waals surface area contributed by atoms with Crippen LogP contribution in [-0.2, 0) is 0 Å². The number of benzene rings is 1. The topological polar surface area (TPSA) is 15.3 Å². The minimum absolute atomic E-state index is 0. The average molecular weight is 309 g/mol. The van der Waals surface area contributed by atoms with E-state index in [0.29, 0.717) is 0 Å². The lowest BCUT2D eigenvalue weighted by Gasteiger charge is -2.34. The van der Waals surface area contributed by atoms with Crippen LogP contribution in [0, 0.1) is 13.8 Å². The lowest BCUT2D eigenvalue weighted by Crippen LogP contribution is -2.45. The molecule has 1 aromatic rings. The highest BCUT2D eigenvalue weighted by atomic mass is 35.5. The molecule has 1 aliphatic rings. The molecular weight excluding hydrogens is 286 g/mol. The van der Waals surface area contributed by atoms with Crippen LogP contribution in [0.1, 0.15) is 22.7 Å². The van der Waals surface area contributed by atoms with Gasteiger partial charge in [-0.2, -0.15) is 0 Å². The van der Waals surface area contributed by atoms with Gasteiger partial charge in [-0.25, -0.2) is 4.39 Å². The van der Waals surface area contributed by atoms with Crippen LogP contribution < -0.4 is 5.32 Å². The second-order valence-electron chi connectivity index (χ2n) is 4.82. The summed E-state index contributed by atoms with van der Waals surface area (Å²) in [6.45, 7) is 7.62. The van der Waals surface area contributed by atoms with Crippen molar-refractivity contribution in [2.24, 2.45) is 0 Å². The van der Waals surface area contributed by atoms with Crippen LogP contribution in [0.15, 0.2) is 18.2 Å². The van der Waals surface area contributed by atoms with Crippen LogP contribution in [0.2, 0.25) is 0 Å². The van der Waals surface area contributed by atoms with Crippen LogP contribution in [0.4, 0.5) is 4.39 Å². The quantitative estimate of drug-likeness (QED) is 0.923. The van der Waals surface area contributed by atoms with Gasteiger partial charge in [0.15, 0.2) is 0 Å². The molecular formula is C14H23Cl2FN2. The van der Waals surface area contributed by atoms with E-state index in [4.69, 9.17) is 0 Å². The number of nitrogens with zero attached hydrogens (tertiary/aromatic N) is 1. The third-order valence-electron chi connectivity index (χ3n) is 3.53. The molecule has 1 atom stereocenters. The van der Waals surface area contributed by atoms with Crippen molar-refractivity contribution in [3.05, 3.63) is 34.9 Å². The summed E-state index contributed by atoms with van der Waals surface area (Å²) in [6.07, 6.45) is 0. The molecule has 5 heteroatoms. The molecule has 2 rings (SSSR count). The Hall–Kier alpha value is -0.350. The largest absolute Gasteiger partial charge is 0.314 e. The molecule has 0 radical (unpaired) electrons. The molecule has 0 bridgehead atoms. The Morgan fingerprint density at radius 2 is 1.84 bits per heavy atom. The normalized spacial score (nSPS) is 17.2. The molecule has 1 aromatic carbocycles. The van der Waals surface area contributed by atoms with Crippen molar-refractivity contribution in [1.29, 1.82) is 0 Å². The number of piperazine rings is 1. The lowest BCUT2D eigenvalue weighted by molar-refractivity contribution is 0.147. The Bertz CT molecular complexity index is 382. The third kappa shape index (κ3) is 4.60. The summed E-state index contributed by atoms with van der Waals surface area (Å²) in [6, 6.07) is 6.24. The zero-order valence-corrected chi connectivity index (χ0v) is 13.1. The number of aryl methyl sites for hydroxylation is 2. The molecule has 0 unspecified atom stereocenters. The van der Waals surface area contributed by atoms with Crippen molar-refractivity contribution >= 4 is 24.8 Å². The first-order chi connectivity index (χ1) is 8.22. The van der Waals surface area contributed by atoms with E-state index in [-0.39, 0.29) is 37.5 Å². The SMILES string of the molecule is Cc1ccc(C)c([C@H](CF)N2CCNCC2)c1.Cl.Cl. The minimum Gasteiger partial charge on any atom is -0.314 e. The van der Waals surface area contributed by atoms with Gasteiger partial charge in [-0.1, -0.05) is 23.8 Å². The molecule has 19 heavy (non-hydrogen) atoms. The zero-order valence-electron chi connectivity index (χ0n) is 11.5. The molecule has 0 aromatic heterocycles. The van der Waals surface area contributed by atoms with Crippen molar-refractivity contribution in [2.45, 2.75) is 19.9 Å². The maximum atomic E-state index is 13.4. The summed E-state index contributed by atoms with van der Waals surface area (Å²) < 4.78 is 13.4. The Morgan fingerprint density at radius 1 is 1.21 bits per heavy atom. The van der Waals surface area contributed by atoms with Gasteiger partial charge in [0.1, 0.15) is 6.67 Å². The van der Waals surface area contributed by atoms with Gasteiger partial charge in [0.25, 0.3) is 0 Å². The first-order valence-electron chi connectivity index (χ1n) is 6.30. The maximum absolute atomic E-state index is 13.4. The van der Waals surface area contributed by atoms with Gasteiger partial charge in [0.2, 0.25) is 0 Å². The first-order valence-corrected chi connectivity index (χ1v) is 6.30. The average Bonchev–Trinajstić information content (AvgIpc) is 2.36. The van der Waals surface area contributed by atoms with Crippen molar-refractivity contribution in [2.75, 3.05) is 32.9 Å². The number of rotatable bonds is 3. The second kappa shape index (κ2) is 8.75. The fraction of sp³-hybridized carbons (Fsp3) is 0.571. The van der Waals surface area contributed by atoms with Crippen LogP contribution in [0.5, 0.6) is 0 Å². The Labute approximate surface area is 127 Å². The van der Waals surface area contributed by atoms with E-state index in [9.17, 15) is 4.39 Å². The van der Waals surface area contributed by atoms with Crippen LogP contribution >= 0.6 is 24.8 Å². The molecule has 1 heterocycles. The Balaban J connectivity index is 0.00000162. The van der Waals surface area contributed by atoms with Gasteiger partial charge >= 0.3 is 0 Å². The Morgan fingerprint density at radius 3 is 2.42 bits per heavy atom. The molecule has 1 fully saturated rings. The Kier molecular flexibility index (Phi) is 8.59. The molecule has 0 spiro atoms. The van der Waals surface area contributed by atoms with Crippen LogP contribution in [-0.4, -0.2) is 37.8 Å². The standard InChI is InChI=1S/C14H21FN2.2ClH/c1-11-3-4-12(2)13(9-11)14(10-15)17-7-5-16-6-8-17;;/h3-4,9,14,16H,5-8,10H2,1-2H3;2*1H/t14-;;/m0../s1. The van der Waals surface area contributed by atoms with E-state index < -0.39 is 0 Å². The molecule has 110 valence electrons. The molecule has 1 N–H and O–H groups in total. The predicted octanol–water partition coefficient (Wildman–Crippen LogP) is 3.06. The third-order valence-corrected chi connectivity index (χ3v) is 3.53. The molecule has 1 saturated heterocycles. The zero-order chi connectivity index (χ0) is 12.3. The van der Waals surface area contributed by atoms with Gasteiger partial charge in [0.05, 0.1) is 6.04 Å². The fourth-order valence-electron chi connectivity index (χ4n) is 2.49. The fourth-order valence-corrected chi connectivity index (χ4v) is 2.49. The maximum Gasteiger partial charge on any atom is 0.109 e. The highest BCUT2D eigenvalue weighted by Gasteiger charge is 2.23. The molecule has 1 aliphatic heterocycles. The monoisotopic (exact) mass is 308 g/mol. The number of nitrogens with one attached hydrogen (secondary N) is 1. The van der Waals surface area contributed by atoms with E-state index >= 15 is 0 Å². The van der Waals surface area contributed by atoms with Gasteiger partial charge in [-0.05, 0) is 25.0 Å². The number of hydrogen-bond acceptors (Lipinski definition) is 2. The summed E-state index contributed by atoms with van der Waals surface area (Å²) in [5, 5.41) is 3.31. The van der Waals surface area contributed by atoms with Crippen molar-refractivity contribution in [1.82, 2.24) is 10.2 Å². The predicted molar refractivity (Wildman–Crippen MR) is 83.6 cm³/mol. The van der Waals surface area contributed by atoms with E-state index in [1.807, 2.05) is 0 Å². The highest BCUT2D eigenvalue weighted by molar-refractivity contribution is 5.85. The molecule has 0 saturated carbocycles. The van der Waals surface area contributed by atoms with E-state index in [1.165, 1.54) is 11.1 Å². The van der Waals surface area contributed by atoms with Crippen molar-refractivity contribution < 1.29 is 4.39 Å². The summed E-state index contributed by atoms with van der Waals surface area (Å²) in [7, 11) is 0. The summed E-state index contributed by atoms with van der Waals surface area (Å²) in [5.41, 5.74) is 3.55.